The minimum absolute atomic E-state index is 0.0576. The van der Waals surface area contributed by atoms with Crippen LogP contribution >= 0.6 is 11.3 Å². The van der Waals surface area contributed by atoms with Crippen LogP contribution in [0.2, 0.25) is 0 Å². The zero-order chi connectivity index (χ0) is 20.1. The molecule has 0 spiro atoms. The Hall–Kier alpha value is -3.78. The van der Waals surface area contributed by atoms with Crippen molar-refractivity contribution in [3.05, 3.63) is 94.0 Å². The van der Waals surface area contributed by atoms with E-state index >= 15 is 0 Å². The maximum absolute atomic E-state index is 10.7. The highest BCUT2D eigenvalue weighted by Gasteiger charge is 2.06. The van der Waals surface area contributed by atoms with Gasteiger partial charge in [-0.15, -0.1) is 0 Å². The van der Waals surface area contributed by atoms with Crippen molar-refractivity contribution in [2.45, 2.75) is 6.61 Å². The molecule has 0 saturated carbocycles. The van der Waals surface area contributed by atoms with Crippen LogP contribution < -0.4 is 10.2 Å². The molecule has 8 heteroatoms. The minimum atomic E-state index is -0.422. The maximum Gasteiger partial charge on any atom is 0.269 e. The molecule has 7 nitrogen and oxygen atoms in total. The van der Waals surface area contributed by atoms with Crippen LogP contribution in [0.4, 0.5) is 10.8 Å². The smallest absolute Gasteiger partial charge is 0.269 e. The van der Waals surface area contributed by atoms with Gasteiger partial charge in [0.25, 0.3) is 5.69 Å². The van der Waals surface area contributed by atoms with E-state index in [4.69, 9.17) is 4.74 Å². The predicted octanol–water partition coefficient (Wildman–Crippen LogP) is 5.23. The molecule has 0 aliphatic rings. The highest BCUT2D eigenvalue weighted by atomic mass is 32.1. The van der Waals surface area contributed by atoms with Gasteiger partial charge in [0.05, 0.1) is 21.4 Å². The third-order valence-electron chi connectivity index (χ3n) is 4.12. The van der Waals surface area contributed by atoms with Crippen LogP contribution in [0.1, 0.15) is 11.1 Å². The Kier molecular flexibility index (Phi) is 5.44. The van der Waals surface area contributed by atoms with Gasteiger partial charge in [0.15, 0.2) is 0 Å². The van der Waals surface area contributed by atoms with Crippen LogP contribution in [0.5, 0.6) is 5.75 Å². The van der Waals surface area contributed by atoms with E-state index in [1.165, 1.54) is 23.5 Å². The van der Waals surface area contributed by atoms with E-state index in [0.29, 0.717) is 17.5 Å². The second-order valence-corrected chi connectivity index (χ2v) is 7.14. The number of hydrogen-bond acceptors (Lipinski definition) is 7. The average molecular weight is 404 g/mol. The summed E-state index contributed by atoms with van der Waals surface area (Å²) in [5.74, 6) is 0.667. The number of thiazole rings is 1. The second kappa shape index (κ2) is 8.49. The Morgan fingerprint density at radius 1 is 1.07 bits per heavy atom. The molecule has 0 unspecified atom stereocenters. The van der Waals surface area contributed by atoms with E-state index in [-0.39, 0.29) is 5.69 Å². The van der Waals surface area contributed by atoms with Crippen LogP contribution in [0.15, 0.2) is 77.9 Å². The number of benzene rings is 3. The summed E-state index contributed by atoms with van der Waals surface area (Å²) in [7, 11) is 0. The molecule has 0 amide bonds. The van der Waals surface area contributed by atoms with E-state index in [1.54, 1.807) is 18.3 Å². The van der Waals surface area contributed by atoms with Gasteiger partial charge in [0, 0.05) is 17.7 Å². The van der Waals surface area contributed by atoms with Gasteiger partial charge in [-0.3, -0.25) is 15.5 Å². The fourth-order valence-corrected chi connectivity index (χ4v) is 3.49. The Balaban J connectivity index is 1.42. The van der Waals surface area contributed by atoms with Crippen molar-refractivity contribution in [2.75, 3.05) is 5.43 Å². The molecule has 3 aromatic carbocycles. The first-order valence-electron chi connectivity index (χ1n) is 8.79. The van der Waals surface area contributed by atoms with E-state index in [9.17, 15) is 10.1 Å². The standard InChI is InChI=1S/C21H16N4O3S/c26-25(27)17-11-9-15(10-12-17)14-28-19-7-3-1-5-16(19)13-22-24-21-23-18-6-2-4-8-20(18)29-21/h1-13H,14H2,(H,23,24)/b22-13-. The number of nitro benzene ring substituents is 1. The Bertz CT molecular complexity index is 1140. The molecule has 1 aromatic heterocycles. The van der Waals surface area contributed by atoms with Crippen molar-refractivity contribution in [2.24, 2.45) is 5.10 Å². The van der Waals surface area contributed by atoms with Crippen molar-refractivity contribution in [1.82, 2.24) is 4.98 Å². The lowest BCUT2D eigenvalue weighted by Crippen LogP contribution is -1.99. The fraction of sp³-hybridized carbons (Fsp3) is 0.0476. The number of rotatable bonds is 7. The molecule has 1 heterocycles. The van der Waals surface area contributed by atoms with Gasteiger partial charge >= 0.3 is 0 Å². The highest BCUT2D eigenvalue weighted by Crippen LogP contribution is 2.25. The van der Waals surface area contributed by atoms with E-state index in [2.05, 4.69) is 15.5 Å². The Labute approximate surface area is 170 Å². The molecule has 4 rings (SSSR count). The van der Waals surface area contributed by atoms with Gasteiger partial charge in [-0.1, -0.05) is 35.6 Å². The zero-order valence-electron chi connectivity index (χ0n) is 15.2. The van der Waals surface area contributed by atoms with E-state index < -0.39 is 4.92 Å². The topological polar surface area (TPSA) is 89.7 Å². The predicted molar refractivity (Wildman–Crippen MR) is 115 cm³/mol. The highest BCUT2D eigenvalue weighted by molar-refractivity contribution is 7.22. The SMILES string of the molecule is O=[N+]([O-])c1ccc(COc2ccccc2/C=N\Nc2nc3ccccc3s2)cc1. The van der Waals surface area contributed by atoms with Gasteiger partial charge in [0.2, 0.25) is 5.13 Å². The lowest BCUT2D eigenvalue weighted by Gasteiger charge is -2.09. The van der Waals surface area contributed by atoms with Crippen molar-refractivity contribution in [3.8, 4) is 5.75 Å². The van der Waals surface area contributed by atoms with Crippen LogP contribution in [0, 0.1) is 10.1 Å². The summed E-state index contributed by atoms with van der Waals surface area (Å²) < 4.78 is 6.97. The Morgan fingerprint density at radius 2 is 1.83 bits per heavy atom. The first-order valence-corrected chi connectivity index (χ1v) is 9.60. The summed E-state index contributed by atoms with van der Waals surface area (Å²) in [6, 6.07) is 21.7. The second-order valence-electron chi connectivity index (χ2n) is 6.11. The van der Waals surface area contributed by atoms with Crippen molar-refractivity contribution < 1.29 is 9.66 Å². The summed E-state index contributed by atoms with van der Waals surface area (Å²) in [6.45, 7) is 0.300. The van der Waals surface area contributed by atoms with Gasteiger partial charge in [-0.05, 0) is 42.0 Å². The monoisotopic (exact) mass is 404 g/mol. The number of nitro groups is 1. The van der Waals surface area contributed by atoms with Crippen molar-refractivity contribution >= 4 is 38.6 Å². The average Bonchev–Trinajstić information content (AvgIpc) is 3.16. The zero-order valence-corrected chi connectivity index (χ0v) is 16.0. The quantitative estimate of drug-likeness (QED) is 0.259. The number of anilines is 1. The first-order chi connectivity index (χ1) is 14.2. The lowest BCUT2D eigenvalue weighted by molar-refractivity contribution is -0.384. The van der Waals surface area contributed by atoms with Gasteiger partial charge in [0.1, 0.15) is 12.4 Å². The number of hydrazone groups is 1. The number of hydrogen-bond donors (Lipinski definition) is 1. The number of fused-ring (bicyclic) bond motifs is 1. The lowest BCUT2D eigenvalue weighted by atomic mass is 10.2. The summed E-state index contributed by atoms with van der Waals surface area (Å²) >= 11 is 1.53. The number of aromatic nitrogens is 1. The van der Waals surface area contributed by atoms with E-state index in [1.807, 2.05) is 48.5 Å². The normalized spacial score (nSPS) is 11.0. The van der Waals surface area contributed by atoms with Crippen molar-refractivity contribution in [3.63, 3.8) is 0 Å². The van der Waals surface area contributed by atoms with Gasteiger partial charge in [-0.2, -0.15) is 5.10 Å². The molecule has 0 atom stereocenters. The summed E-state index contributed by atoms with van der Waals surface area (Å²) in [6.07, 6.45) is 1.68. The van der Waals surface area contributed by atoms with Crippen LogP contribution in [0.3, 0.4) is 0 Å². The third kappa shape index (κ3) is 4.56. The molecular weight excluding hydrogens is 388 g/mol. The minimum Gasteiger partial charge on any atom is -0.488 e. The van der Waals surface area contributed by atoms with Crippen LogP contribution in [-0.2, 0) is 6.61 Å². The molecule has 4 aromatic rings. The molecule has 0 aliphatic heterocycles. The summed E-state index contributed by atoms with van der Waals surface area (Å²) in [4.78, 5) is 14.8. The van der Waals surface area contributed by atoms with Crippen molar-refractivity contribution in [1.29, 1.82) is 0 Å². The molecule has 144 valence electrons. The first kappa shape index (κ1) is 18.6. The molecule has 0 aliphatic carbocycles. The molecule has 0 bridgehead atoms. The molecule has 29 heavy (non-hydrogen) atoms. The number of nitrogens with zero attached hydrogens (tertiary/aromatic N) is 3. The number of para-hydroxylation sites is 2. The molecular formula is C21H16N4O3S. The van der Waals surface area contributed by atoms with Gasteiger partial charge in [-0.25, -0.2) is 4.98 Å². The molecule has 0 saturated heterocycles. The number of ether oxygens (including phenoxy) is 1. The summed E-state index contributed by atoms with van der Waals surface area (Å²) in [5, 5.41) is 15.7. The summed E-state index contributed by atoms with van der Waals surface area (Å²) in [5.41, 5.74) is 5.60. The fourth-order valence-electron chi connectivity index (χ4n) is 2.67. The largest absolute Gasteiger partial charge is 0.488 e. The molecule has 0 radical (unpaired) electrons. The van der Waals surface area contributed by atoms with Gasteiger partial charge < -0.3 is 4.74 Å². The van der Waals surface area contributed by atoms with Crippen LogP contribution in [-0.4, -0.2) is 16.1 Å². The van der Waals surface area contributed by atoms with E-state index in [0.717, 1.165) is 21.3 Å². The number of nitrogens with one attached hydrogen (secondary N) is 1. The number of non-ortho nitro benzene ring substituents is 1. The molecule has 0 fully saturated rings. The van der Waals surface area contributed by atoms with Crippen LogP contribution in [0.25, 0.3) is 10.2 Å². The maximum atomic E-state index is 10.7. The molecule has 1 N–H and O–H groups in total. The Morgan fingerprint density at radius 3 is 2.62 bits per heavy atom. The third-order valence-corrected chi connectivity index (χ3v) is 5.06.